The van der Waals surface area contributed by atoms with Crippen molar-refractivity contribution in [1.29, 1.82) is 0 Å². The molecule has 5 nitrogen and oxygen atoms in total. The molecule has 1 aliphatic heterocycles. The summed E-state index contributed by atoms with van der Waals surface area (Å²) < 4.78 is 0. The van der Waals surface area contributed by atoms with Gasteiger partial charge < -0.3 is 10.6 Å². The Morgan fingerprint density at radius 2 is 1.70 bits per heavy atom. The minimum Gasteiger partial charge on any atom is -0.355 e. The Balaban J connectivity index is 1.39. The van der Waals surface area contributed by atoms with Crippen molar-refractivity contribution >= 4 is 11.8 Å². The second-order valence-corrected chi connectivity index (χ2v) is 8.29. The van der Waals surface area contributed by atoms with Gasteiger partial charge in [0.25, 0.3) is 0 Å². The van der Waals surface area contributed by atoms with E-state index in [9.17, 15) is 9.59 Å². The summed E-state index contributed by atoms with van der Waals surface area (Å²) in [4.78, 5) is 26.7. The number of amides is 2. The Morgan fingerprint density at radius 1 is 0.967 bits per heavy atom. The number of hydrogen-bond donors (Lipinski definition) is 2. The van der Waals surface area contributed by atoms with Crippen LogP contribution in [0.15, 0.2) is 54.6 Å². The Kier molecular flexibility index (Phi) is 8.45. The standard InChI is InChI=1S/C25H33N3O2/c1-20-8-7-15-28(18-20)19-23-12-6-5-11-22(23)17-27-24(29)13-14-26-25(30)16-21-9-3-2-4-10-21/h2-6,9-12,20H,7-8,13-19H2,1H3,(H,26,30)(H,27,29)/t20-/m1/s1. The highest BCUT2D eigenvalue weighted by Crippen LogP contribution is 2.19. The molecule has 2 aromatic rings. The molecule has 0 aliphatic carbocycles. The molecule has 2 amide bonds. The van der Waals surface area contributed by atoms with Gasteiger partial charge in [-0.05, 0) is 42.0 Å². The molecule has 0 radical (unpaired) electrons. The number of hydrogen-bond acceptors (Lipinski definition) is 3. The molecule has 30 heavy (non-hydrogen) atoms. The van der Waals surface area contributed by atoms with Gasteiger partial charge in [0.1, 0.15) is 0 Å². The van der Waals surface area contributed by atoms with E-state index in [-0.39, 0.29) is 18.2 Å². The van der Waals surface area contributed by atoms with Gasteiger partial charge in [0.2, 0.25) is 11.8 Å². The topological polar surface area (TPSA) is 61.4 Å². The van der Waals surface area contributed by atoms with Crippen LogP contribution in [-0.4, -0.2) is 36.3 Å². The van der Waals surface area contributed by atoms with Crippen molar-refractivity contribution in [3.8, 4) is 0 Å². The number of benzene rings is 2. The molecule has 2 aromatic carbocycles. The number of nitrogens with zero attached hydrogens (tertiary/aromatic N) is 1. The fourth-order valence-corrected chi connectivity index (χ4v) is 4.00. The van der Waals surface area contributed by atoms with E-state index < -0.39 is 0 Å². The Labute approximate surface area is 179 Å². The quantitative estimate of drug-likeness (QED) is 0.671. The van der Waals surface area contributed by atoms with Gasteiger partial charge in [0.15, 0.2) is 0 Å². The van der Waals surface area contributed by atoms with Gasteiger partial charge in [-0.2, -0.15) is 0 Å². The average Bonchev–Trinajstić information content (AvgIpc) is 2.74. The molecule has 0 saturated carbocycles. The van der Waals surface area contributed by atoms with Crippen LogP contribution in [0.25, 0.3) is 0 Å². The lowest BCUT2D eigenvalue weighted by Crippen LogP contribution is -2.34. The third-order valence-corrected chi connectivity index (χ3v) is 5.61. The zero-order valence-electron chi connectivity index (χ0n) is 17.9. The molecule has 1 fully saturated rings. The highest BCUT2D eigenvalue weighted by Gasteiger charge is 2.17. The molecular weight excluding hydrogens is 374 g/mol. The van der Waals surface area contributed by atoms with Gasteiger partial charge in [-0.1, -0.05) is 61.5 Å². The molecule has 1 aliphatic rings. The van der Waals surface area contributed by atoms with Gasteiger partial charge in [-0.3, -0.25) is 14.5 Å². The van der Waals surface area contributed by atoms with Crippen molar-refractivity contribution in [2.75, 3.05) is 19.6 Å². The number of likely N-dealkylation sites (tertiary alicyclic amines) is 1. The van der Waals surface area contributed by atoms with Crippen LogP contribution in [0.5, 0.6) is 0 Å². The number of piperidine rings is 1. The van der Waals surface area contributed by atoms with Gasteiger partial charge in [0.05, 0.1) is 6.42 Å². The molecule has 1 heterocycles. The maximum absolute atomic E-state index is 12.2. The lowest BCUT2D eigenvalue weighted by Gasteiger charge is -2.31. The van der Waals surface area contributed by atoms with Crippen LogP contribution in [0.4, 0.5) is 0 Å². The van der Waals surface area contributed by atoms with E-state index in [4.69, 9.17) is 0 Å². The first-order valence-electron chi connectivity index (χ1n) is 11.0. The molecule has 0 spiro atoms. The monoisotopic (exact) mass is 407 g/mol. The summed E-state index contributed by atoms with van der Waals surface area (Å²) in [5.74, 6) is 0.647. The molecule has 1 saturated heterocycles. The normalized spacial score (nSPS) is 16.8. The fraction of sp³-hybridized carbons (Fsp3) is 0.440. The predicted molar refractivity (Wildman–Crippen MR) is 120 cm³/mol. The summed E-state index contributed by atoms with van der Waals surface area (Å²) in [6.45, 7) is 6.42. The molecule has 0 bridgehead atoms. The van der Waals surface area contributed by atoms with Crippen LogP contribution in [-0.2, 0) is 29.1 Å². The molecule has 0 unspecified atom stereocenters. The summed E-state index contributed by atoms with van der Waals surface area (Å²) in [6.07, 6.45) is 3.20. The van der Waals surface area contributed by atoms with E-state index in [1.165, 1.54) is 18.4 Å². The number of carbonyl (C=O) groups excluding carboxylic acids is 2. The minimum atomic E-state index is -0.0601. The predicted octanol–water partition coefficient (Wildman–Crippen LogP) is 3.28. The van der Waals surface area contributed by atoms with Gasteiger partial charge in [0, 0.05) is 32.6 Å². The molecule has 3 rings (SSSR count). The SMILES string of the molecule is C[C@@H]1CCCN(Cc2ccccc2CNC(=O)CCNC(=O)Cc2ccccc2)C1. The smallest absolute Gasteiger partial charge is 0.224 e. The fourth-order valence-electron chi connectivity index (χ4n) is 4.00. The first kappa shape index (κ1) is 22.0. The van der Waals surface area contributed by atoms with Gasteiger partial charge >= 0.3 is 0 Å². The first-order valence-corrected chi connectivity index (χ1v) is 11.0. The lowest BCUT2D eigenvalue weighted by molar-refractivity contribution is -0.122. The van der Waals surface area contributed by atoms with Crippen LogP contribution in [0.1, 0.15) is 42.9 Å². The van der Waals surface area contributed by atoms with E-state index in [1.807, 2.05) is 36.4 Å². The molecule has 5 heteroatoms. The Morgan fingerprint density at radius 3 is 2.47 bits per heavy atom. The van der Waals surface area contributed by atoms with Crippen LogP contribution < -0.4 is 10.6 Å². The Bertz CT molecular complexity index is 822. The van der Waals surface area contributed by atoms with E-state index in [1.54, 1.807) is 0 Å². The molecule has 1 atom stereocenters. The van der Waals surface area contributed by atoms with Crippen molar-refractivity contribution in [2.24, 2.45) is 5.92 Å². The third kappa shape index (κ3) is 7.30. The average molecular weight is 408 g/mol. The maximum Gasteiger partial charge on any atom is 0.224 e. The van der Waals surface area contributed by atoms with Crippen molar-refractivity contribution in [1.82, 2.24) is 15.5 Å². The summed E-state index contributed by atoms with van der Waals surface area (Å²) in [7, 11) is 0. The Hall–Kier alpha value is -2.66. The zero-order valence-corrected chi connectivity index (χ0v) is 17.9. The minimum absolute atomic E-state index is 0.0450. The highest BCUT2D eigenvalue weighted by molar-refractivity contribution is 5.80. The maximum atomic E-state index is 12.2. The van der Waals surface area contributed by atoms with Gasteiger partial charge in [-0.25, -0.2) is 0 Å². The van der Waals surface area contributed by atoms with Crippen LogP contribution >= 0.6 is 0 Å². The molecule has 0 aromatic heterocycles. The van der Waals surface area contributed by atoms with Gasteiger partial charge in [-0.15, -0.1) is 0 Å². The van der Waals surface area contributed by atoms with Crippen molar-refractivity contribution < 1.29 is 9.59 Å². The number of carbonyl (C=O) groups is 2. The largest absolute Gasteiger partial charge is 0.355 e. The number of rotatable bonds is 9. The van der Waals surface area contributed by atoms with Crippen molar-refractivity contribution in [3.05, 3.63) is 71.3 Å². The summed E-state index contributed by atoms with van der Waals surface area (Å²) >= 11 is 0. The van der Waals surface area contributed by atoms with E-state index >= 15 is 0 Å². The van der Waals surface area contributed by atoms with Crippen LogP contribution in [0.3, 0.4) is 0 Å². The van der Waals surface area contributed by atoms with E-state index in [0.29, 0.717) is 19.5 Å². The molecule has 160 valence electrons. The zero-order chi connectivity index (χ0) is 21.2. The van der Waals surface area contributed by atoms with E-state index in [0.717, 1.165) is 36.7 Å². The molecule has 2 N–H and O–H groups in total. The van der Waals surface area contributed by atoms with Crippen LogP contribution in [0, 0.1) is 5.92 Å². The lowest BCUT2D eigenvalue weighted by atomic mass is 9.99. The summed E-state index contributed by atoms with van der Waals surface area (Å²) in [5, 5.41) is 5.82. The summed E-state index contributed by atoms with van der Waals surface area (Å²) in [5.41, 5.74) is 3.42. The second-order valence-electron chi connectivity index (χ2n) is 8.29. The first-order chi connectivity index (χ1) is 14.6. The van der Waals surface area contributed by atoms with E-state index in [2.05, 4.69) is 40.7 Å². The highest BCUT2D eigenvalue weighted by atomic mass is 16.2. The third-order valence-electron chi connectivity index (χ3n) is 5.61. The number of nitrogens with one attached hydrogen (secondary N) is 2. The van der Waals surface area contributed by atoms with Crippen molar-refractivity contribution in [3.63, 3.8) is 0 Å². The summed E-state index contributed by atoms with van der Waals surface area (Å²) in [6, 6.07) is 17.9. The second kappa shape index (κ2) is 11.5. The van der Waals surface area contributed by atoms with Crippen molar-refractivity contribution in [2.45, 2.75) is 45.7 Å². The molecular formula is C25H33N3O2. The van der Waals surface area contributed by atoms with Crippen LogP contribution in [0.2, 0.25) is 0 Å².